The van der Waals surface area contributed by atoms with E-state index in [4.69, 9.17) is 0 Å². The Morgan fingerprint density at radius 2 is 1.97 bits per heavy atom. The lowest BCUT2D eigenvalue weighted by Gasteiger charge is -2.41. The molecule has 3 aliphatic heterocycles. The number of aromatic nitrogens is 1. The maximum absolute atomic E-state index is 13.9. The van der Waals surface area contributed by atoms with Crippen LogP contribution in [-0.2, 0) is 22.6 Å². The second-order valence-electron chi connectivity index (χ2n) is 9.92. The monoisotopic (exact) mass is 546 g/mol. The fourth-order valence-electron chi connectivity index (χ4n) is 6.13. The van der Waals surface area contributed by atoms with Gasteiger partial charge in [-0.05, 0) is 49.1 Å². The van der Waals surface area contributed by atoms with Crippen LogP contribution in [0.1, 0.15) is 44.3 Å². The first-order valence-corrected chi connectivity index (χ1v) is 13.0. The van der Waals surface area contributed by atoms with Gasteiger partial charge in [0.15, 0.2) is 0 Å². The lowest BCUT2D eigenvalue weighted by Crippen LogP contribution is -2.61. The number of likely N-dealkylation sites (tertiary alicyclic amines) is 1. The highest BCUT2D eigenvalue weighted by atomic mass is 79.9. The van der Waals surface area contributed by atoms with Crippen molar-refractivity contribution in [2.45, 2.75) is 38.9 Å². The number of nitrogens with one attached hydrogen (secondary N) is 1. The van der Waals surface area contributed by atoms with Crippen LogP contribution in [0, 0.1) is 13.8 Å². The Morgan fingerprint density at radius 3 is 2.72 bits per heavy atom. The Bertz CT molecular complexity index is 1480. The summed E-state index contributed by atoms with van der Waals surface area (Å²) in [7, 11) is 0. The number of aryl methyl sites for hydroxylation is 1. The van der Waals surface area contributed by atoms with Gasteiger partial charge in [-0.3, -0.25) is 14.4 Å². The Hall–Kier alpha value is -3.39. The van der Waals surface area contributed by atoms with E-state index in [2.05, 4.69) is 52.1 Å². The van der Waals surface area contributed by atoms with E-state index >= 15 is 0 Å². The standard InChI is InChI=1S/C28H27BrN4O3/c1-4-22(35)31-12-18(13-31)30-21(34)14-33-16(3)23-25-24(20(29)11-15(2)26(25)33)27-19-8-6-5-7-17(19)9-10-32(27)28(23)36/h4-8,11,18,27H,1,9-10,12-14H2,2-3H3,(H,30,34)/t27-/m0/s1. The first-order chi connectivity index (χ1) is 17.3. The summed E-state index contributed by atoms with van der Waals surface area (Å²) in [6, 6.07) is 10.2. The summed E-state index contributed by atoms with van der Waals surface area (Å²) in [5, 5.41) is 3.98. The van der Waals surface area contributed by atoms with Crippen LogP contribution in [0.25, 0.3) is 10.9 Å². The topological polar surface area (TPSA) is 74.7 Å². The fraction of sp³-hybridized carbons (Fsp3) is 0.321. The molecule has 3 amide bonds. The predicted octanol–water partition coefficient (Wildman–Crippen LogP) is 3.63. The molecule has 36 heavy (non-hydrogen) atoms. The molecule has 1 aromatic heterocycles. The summed E-state index contributed by atoms with van der Waals surface area (Å²) < 4.78 is 2.97. The number of carbonyl (C=O) groups is 3. The van der Waals surface area contributed by atoms with Crippen LogP contribution >= 0.6 is 15.9 Å². The molecule has 0 bridgehead atoms. The van der Waals surface area contributed by atoms with Crippen molar-refractivity contribution < 1.29 is 14.4 Å². The average molecular weight is 547 g/mol. The largest absolute Gasteiger partial charge is 0.348 e. The molecule has 0 spiro atoms. The smallest absolute Gasteiger partial charge is 0.257 e. The second kappa shape index (κ2) is 8.34. The van der Waals surface area contributed by atoms with E-state index in [-0.39, 0.29) is 36.3 Å². The molecule has 0 radical (unpaired) electrons. The first-order valence-electron chi connectivity index (χ1n) is 12.2. The summed E-state index contributed by atoms with van der Waals surface area (Å²) in [6.45, 7) is 9.22. The summed E-state index contributed by atoms with van der Waals surface area (Å²) in [5.74, 6) is -0.226. The van der Waals surface area contributed by atoms with Crippen molar-refractivity contribution in [1.82, 2.24) is 19.7 Å². The van der Waals surface area contributed by atoms with Gasteiger partial charge in [-0.15, -0.1) is 0 Å². The van der Waals surface area contributed by atoms with Gasteiger partial charge in [0.1, 0.15) is 6.54 Å². The van der Waals surface area contributed by atoms with Crippen molar-refractivity contribution in [2.24, 2.45) is 0 Å². The SMILES string of the molecule is C=CC(=O)N1CC(NC(=O)Cn2c(C)c3c4c(c(Br)cc(C)c42)[C@@H]2c4ccccc4CCN2C3=O)C1. The second-order valence-corrected chi connectivity index (χ2v) is 10.8. The maximum atomic E-state index is 13.9. The van der Waals surface area contributed by atoms with Crippen LogP contribution in [0.5, 0.6) is 0 Å². The van der Waals surface area contributed by atoms with Gasteiger partial charge in [-0.1, -0.05) is 46.8 Å². The van der Waals surface area contributed by atoms with Gasteiger partial charge in [-0.2, -0.15) is 0 Å². The van der Waals surface area contributed by atoms with Gasteiger partial charge in [0.2, 0.25) is 11.8 Å². The summed E-state index contributed by atoms with van der Waals surface area (Å²) >= 11 is 3.82. The van der Waals surface area contributed by atoms with E-state index in [1.807, 2.05) is 29.4 Å². The molecule has 6 rings (SSSR count). The van der Waals surface area contributed by atoms with Crippen molar-refractivity contribution in [1.29, 1.82) is 0 Å². The fourth-order valence-corrected chi connectivity index (χ4v) is 6.89. The molecular formula is C28H27BrN4O3. The van der Waals surface area contributed by atoms with Crippen LogP contribution in [0.4, 0.5) is 0 Å². The van der Waals surface area contributed by atoms with Gasteiger partial charge >= 0.3 is 0 Å². The minimum Gasteiger partial charge on any atom is -0.348 e. The number of benzene rings is 2. The summed E-state index contributed by atoms with van der Waals surface area (Å²) in [6.07, 6.45) is 2.12. The van der Waals surface area contributed by atoms with Gasteiger partial charge in [0.25, 0.3) is 5.91 Å². The number of rotatable bonds is 4. The lowest BCUT2D eigenvalue weighted by molar-refractivity contribution is -0.133. The summed E-state index contributed by atoms with van der Waals surface area (Å²) in [4.78, 5) is 42.3. The molecule has 3 aromatic rings. The number of hydrogen-bond acceptors (Lipinski definition) is 3. The average Bonchev–Trinajstić information content (AvgIpc) is 3.12. The zero-order valence-electron chi connectivity index (χ0n) is 20.3. The Kier molecular flexibility index (Phi) is 5.33. The molecule has 1 saturated heterocycles. The van der Waals surface area contributed by atoms with Crippen molar-refractivity contribution in [2.75, 3.05) is 19.6 Å². The molecule has 184 valence electrons. The zero-order chi connectivity index (χ0) is 25.3. The predicted molar refractivity (Wildman–Crippen MR) is 141 cm³/mol. The molecule has 0 unspecified atom stereocenters. The van der Waals surface area contributed by atoms with Crippen LogP contribution in [0.2, 0.25) is 0 Å². The summed E-state index contributed by atoms with van der Waals surface area (Å²) in [5.41, 5.74) is 6.98. The third-order valence-electron chi connectivity index (χ3n) is 7.83. The molecule has 4 heterocycles. The molecule has 1 N–H and O–H groups in total. The minimum atomic E-state index is -0.153. The van der Waals surface area contributed by atoms with E-state index < -0.39 is 0 Å². The van der Waals surface area contributed by atoms with Gasteiger partial charge < -0.3 is 19.7 Å². The molecule has 2 aromatic carbocycles. The molecule has 3 aliphatic rings. The molecule has 1 fully saturated rings. The van der Waals surface area contributed by atoms with E-state index in [9.17, 15) is 14.4 Å². The lowest BCUT2D eigenvalue weighted by atomic mass is 9.82. The number of fused-ring (bicyclic) bond motifs is 4. The quantitative estimate of drug-likeness (QED) is 0.507. The molecule has 1 atom stereocenters. The Morgan fingerprint density at radius 1 is 1.22 bits per heavy atom. The van der Waals surface area contributed by atoms with E-state index in [1.54, 1.807) is 4.90 Å². The highest BCUT2D eigenvalue weighted by molar-refractivity contribution is 9.10. The number of halogens is 1. The molecule has 7 nitrogen and oxygen atoms in total. The number of carbonyl (C=O) groups excluding carboxylic acids is 3. The van der Waals surface area contributed by atoms with Crippen LogP contribution in [-0.4, -0.2) is 57.8 Å². The number of hydrogen-bond donors (Lipinski definition) is 1. The zero-order valence-corrected chi connectivity index (χ0v) is 21.9. The number of nitrogens with zero attached hydrogens (tertiary/aromatic N) is 3. The normalized spacial score (nSPS) is 18.5. The van der Waals surface area contributed by atoms with Crippen molar-refractivity contribution in [3.8, 4) is 0 Å². The third-order valence-corrected chi connectivity index (χ3v) is 8.49. The van der Waals surface area contributed by atoms with Crippen molar-refractivity contribution >= 4 is 44.6 Å². The van der Waals surface area contributed by atoms with Crippen LogP contribution in [0.15, 0.2) is 47.5 Å². The minimum absolute atomic E-state index is 0.0266. The van der Waals surface area contributed by atoms with Crippen molar-refractivity contribution in [3.63, 3.8) is 0 Å². The third kappa shape index (κ3) is 3.27. The van der Waals surface area contributed by atoms with Crippen LogP contribution in [0.3, 0.4) is 0 Å². The highest BCUT2D eigenvalue weighted by Gasteiger charge is 2.42. The molecule has 0 saturated carbocycles. The molecule has 8 heteroatoms. The Labute approximate surface area is 217 Å². The van der Waals surface area contributed by atoms with Gasteiger partial charge in [0.05, 0.1) is 23.2 Å². The highest BCUT2D eigenvalue weighted by Crippen LogP contribution is 2.49. The maximum Gasteiger partial charge on any atom is 0.257 e. The van der Waals surface area contributed by atoms with E-state index in [1.165, 1.54) is 17.2 Å². The molecular weight excluding hydrogens is 520 g/mol. The first kappa shape index (κ1) is 23.0. The molecule has 0 aliphatic carbocycles. The number of amides is 3. The van der Waals surface area contributed by atoms with Crippen molar-refractivity contribution in [3.05, 3.63) is 81.0 Å². The Balaban J connectivity index is 1.41. The van der Waals surface area contributed by atoms with Gasteiger partial charge in [0, 0.05) is 40.8 Å². The van der Waals surface area contributed by atoms with E-state index in [0.29, 0.717) is 25.2 Å². The van der Waals surface area contributed by atoms with Crippen LogP contribution < -0.4 is 5.32 Å². The van der Waals surface area contributed by atoms with Gasteiger partial charge in [-0.25, -0.2) is 0 Å². The van der Waals surface area contributed by atoms with E-state index in [0.717, 1.165) is 38.6 Å².